The van der Waals surface area contributed by atoms with Gasteiger partial charge in [-0.2, -0.15) is 17.5 Å². The zero-order valence-corrected chi connectivity index (χ0v) is 18.7. The molecule has 4 heterocycles. The molecule has 0 radical (unpaired) electrons. The Hall–Kier alpha value is -1.99. The molecule has 1 unspecified atom stereocenters. The van der Waals surface area contributed by atoms with Crippen LogP contribution in [0.1, 0.15) is 13.8 Å². The van der Waals surface area contributed by atoms with Crippen LogP contribution in [0.25, 0.3) is 11.4 Å². The van der Waals surface area contributed by atoms with E-state index in [9.17, 15) is 14.7 Å². The average molecular weight is 467 g/mol. The number of hydrogen-bond donors (Lipinski definition) is 2. The third-order valence-corrected chi connectivity index (χ3v) is 8.20. The Morgan fingerprint density at radius 2 is 2.20 bits per heavy atom. The van der Waals surface area contributed by atoms with Crippen molar-refractivity contribution < 1.29 is 24.5 Å². The number of aromatic nitrogens is 3. The summed E-state index contributed by atoms with van der Waals surface area (Å²) in [6.07, 6.45) is 3.78. The molecule has 1 saturated heterocycles. The van der Waals surface area contributed by atoms with Gasteiger partial charge in [-0.1, -0.05) is 18.7 Å². The van der Waals surface area contributed by atoms with E-state index in [0.717, 1.165) is 0 Å². The Morgan fingerprint density at radius 1 is 1.43 bits per heavy atom. The van der Waals surface area contributed by atoms with Crippen LogP contribution in [0.3, 0.4) is 0 Å². The highest BCUT2D eigenvalue weighted by molar-refractivity contribution is 8.04. The summed E-state index contributed by atoms with van der Waals surface area (Å²) in [6.45, 7) is 3.39. The predicted molar refractivity (Wildman–Crippen MR) is 112 cm³/mol. The monoisotopic (exact) mass is 466 g/mol. The first-order valence-electron chi connectivity index (χ1n) is 8.93. The van der Waals surface area contributed by atoms with Gasteiger partial charge >= 0.3 is 5.97 Å². The SMILES string of the molecule is COOC(=O)C1=C(Sc2nc(-c3cnccn3)cs2)[C@H](C)C2N1C(=O)[C@]2(S)[C@@H](C)O. The first-order valence-corrected chi connectivity index (χ1v) is 11.1. The maximum absolute atomic E-state index is 12.8. The molecule has 0 aromatic carbocycles. The third-order valence-electron chi connectivity index (χ3n) is 5.15. The molecule has 2 aliphatic heterocycles. The minimum absolute atomic E-state index is 0.0888. The number of carbonyl (C=O) groups is 2. The van der Waals surface area contributed by atoms with Crippen molar-refractivity contribution in [1.82, 2.24) is 19.9 Å². The van der Waals surface area contributed by atoms with Gasteiger partial charge in [0, 0.05) is 28.6 Å². The quantitative estimate of drug-likeness (QED) is 0.285. The van der Waals surface area contributed by atoms with Gasteiger partial charge in [0.25, 0.3) is 0 Å². The van der Waals surface area contributed by atoms with Crippen LogP contribution in [0, 0.1) is 5.92 Å². The second kappa shape index (κ2) is 7.93. The Balaban J connectivity index is 1.69. The number of carbonyl (C=O) groups excluding carboxylic acids is 2. The first-order chi connectivity index (χ1) is 14.3. The van der Waals surface area contributed by atoms with Gasteiger partial charge in [-0.25, -0.2) is 9.78 Å². The van der Waals surface area contributed by atoms with Crippen molar-refractivity contribution in [1.29, 1.82) is 0 Å². The molecule has 1 N–H and O–H groups in total. The first kappa shape index (κ1) is 21.2. The van der Waals surface area contributed by atoms with Crippen molar-refractivity contribution >= 4 is 47.6 Å². The summed E-state index contributed by atoms with van der Waals surface area (Å²) < 4.78 is -0.620. The van der Waals surface area contributed by atoms with Crippen molar-refractivity contribution in [2.75, 3.05) is 7.11 Å². The lowest BCUT2D eigenvalue weighted by atomic mass is 9.78. The Labute approximate surface area is 185 Å². The summed E-state index contributed by atoms with van der Waals surface area (Å²) >= 11 is 7.14. The van der Waals surface area contributed by atoms with E-state index in [0.29, 0.717) is 20.6 Å². The fourth-order valence-corrected chi connectivity index (χ4v) is 6.24. The van der Waals surface area contributed by atoms with Crippen LogP contribution in [-0.4, -0.2) is 60.8 Å². The van der Waals surface area contributed by atoms with Gasteiger partial charge in [0.2, 0.25) is 5.91 Å². The van der Waals surface area contributed by atoms with Gasteiger partial charge in [-0.05, 0) is 6.92 Å². The van der Waals surface area contributed by atoms with E-state index in [1.807, 2.05) is 12.3 Å². The van der Waals surface area contributed by atoms with E-state index in [-0.39, 0.29) is 11.6 Å². The lowest BCUT2D eigenvalue weighted by Gasteiger charge is -2.53. The van der Waals surface area contributed by atoms with Crippen LogP contribution in [0.15, 0.2) is 38.9 Å². The highest BCUT2D eigenvalue weighted by Gasteiger charge is 2.68. The Kier molecular flexibility index (Phi) is 5.62. The number of fused-ring (bicyclic) bond motifs is 1. The van der Waals surface area contributed by atoms with Crippen LogP contribution < -0.4 is 0 Å². The molecule has 1 fully saturated rings. The maximum Gasteiger partial charge on any atom is 0.390 e. The molecule has 0 saturated carbocycles. The van der Waals surface area contributed by atoms with E-state index in [4.69, 9.17) is 4.89 Å². The van der Waals surface area contributed by atoms with Gasteiger partial charge in [-0.15, -0.1) is 11.3 Å². The molecule has 2 aromatic heterocycles. The van der Waals surface area contributed by atoms with E-state index < -0.39 is 28.8 Å². The number of thioether (sulfide) groups is 1. The van der Waals surface area contributed by atoms with Crippen LogP contribution >= 0.6 is 35.7 Å². The van der Waals surface area contributed by atoms with Gasteiger partial charge < -0.3 is 5.11 Å². The molecular weight excluding hydrogens is 448 g/mol. The molecule has 158 valence electrons. The second-order valence-corrected chi connectivity index (χ2v) is 9.74. The second-order valence-electron chi connectivity index (χ2n) is 6.85. The average Bonchev–Trinajstić information content (AvgIpc) is 3.30. The van der Waals surface area contributed by atoms with Crippen molar-refractivity contribution in [2.24, 2.45) is 5.92 Å². The van der Waals surface area contributed by atoms with Gasteiger partial charge in [0.1, 0.15) is 21.8 Å². The van der Waals surface area contributed by atoms with E-state index in [1.165, 1.54) is 42.0 Å². The van der Waals surface area contributed by atoms with Gasteiger partial charge in [-0.3, -0.25) is 24.5 Å². The van der Waals surface area contributed by atoms with Crippen molar-refractivity contribution in [3.63, 3.8) is 0 Å². The summed E-state index contributed by atoms with van der Waals surface area (Å²) in [5.74, 6) is -1.51. The zero-order chi connectivity index (χ0) is 21.6. The summed E-state index contributed by atoms with van der Waals surface area (Å²) in [5, 5.41) is 12.0. The minimum atomic E-state index is -1.28. The number of hydrogen-bond acceptors (Lipinski definition) is 11. The highest BCUT2D eigenvalue weighted by Crippen LogP contribution is 2.56. The van der Waals surface area contributed by atoms with Crippen molar-refractivity contribution in [2.45, 2.75) is 35.1 Å². The Morgan fingerprint density at radius 3 is 2.83 bits per heavy atom. The standard InChI is InChI=1S/C18H18N4O5S3/c1-8-13(30-17-21-11(7-29-17)10-6-19-4-5-20-10)12(15(24)27-26-3)22-14(8)18(28,9(2)23)16(22)25/h4-9,14,23,28H,1-3H3/t8-,9+,14?,18-/m0/s1. The van der Waals surface area contributed by atoms with E-state index in [1.54, 1.807) is 18.6 Å². The lowest BCUT2D eigenvalue weighted by molar-refractivity contribution is -0.252. The predicted octanol–water partition coefficient (Wildman–Crippen LogP) is 1.92. The molecule has 4 atom stereocenters. The van der Waals surface area contributed by atoms with Gasteiger partial charge in [0.15, 0.2) is 4.34 Å². The summed E-state index contributed by atoms with van der Waals surface area (Å²) in [6, 6.07) is -0.491. The molecule has 0 bridgehead atoms. The molecule has 2 aliphatic rings. The number of thiol groups is 1. The van der Waals surface area contributed by atoms with Crippen LogP contribution in [0.2, 0.25) is 0 Å². The fraction of sp³-hybridized carbons (Fsp3) is 0.389. The van der Waals surface area contributed by atoms with Crippen molar-refractivity contribution in [3.05, 3.63) is 34.6 Å². The fourth-order valence-electron chi connectivity index (χ4n) is 3.73. The normalized spacial score (nSPS) is 26.4. The van der Waals surface area contributed by atoms with Crippen LogP contribution in [-0.2, 0) is 19.4 Å². The topological polar surface area (TPSA) is 115 Å². The van der Waals surface area contributed by atoms with Gasteiger partial charge in [0.05, 0.1) is 25.5 Å². The number of thiazole rings is 1. The largest absolute Gasteiger partial charge is 0.391 e. The van der Waals surface area contributed by atoms with Crippen LogP contribution in [0.5, 0.6) is 0 Å². The highest BCUT2D eigenvalue weighted by atomic mass is 32.2. The minimum Gasteiger partial charge on any atom is -0.391 e. The maximum atomic E-state index is 12.8. The lowest BCUT2D eigenvalue weighted by Crippen LogP contribution is -2.74. The Bertz CT molecular complexity index is 1030. The van der Waals surface area contributed by atoms with Crippen LogP contribution in [0.4, 0.5) is 0 Å². The van der Waals surface area contributed by atoms with Crippen molar-refractivity contribution in [3.8, 4) is 11.4 Å². The molecule has 4 rings (SSSR count). The molecule has 2 aromatic rings. The van der Waals surface area contributed by atoms with E-state index >= 15 is 0 Å². The molecule has 12 heteroatoms. The third kappa shape index (κ3) is 3.14. The summed E-state index contributed by atoms with van der Waals surface area (Å²) in [7, 11) is 1.21. The molecule has 30 heavy (non-hydrogen) atoms. The number of rotatable bonds is 6. The summed E-state index contributed by atoms with van der Waals surface area (Å²) in [5.41, 5.74) is 1.39. The zero-order valence-electron chi connectivity index (χ0n) is 16.2. The number of aliphatic hydroxyl groups is 1. The molecule has 0 spiro atoms. The smallest absolute Gasteiger partial charge is 0.390 e. The molecule has 9 nitrogen and oxygen atoms in total. The molecule has 1 amide bonds. The number of β-lactam (4-membered cyclic amide) rings is 1. The van der Waals surface area contributed by atoms with E-state index in [2.05, 4.69) is 32.5 Å². The number of aliphatic hydroxyl groups excluding tert-OH is 1. The number of nitrogens with zero attached hydrogens (tertiary/aromatic N) is 4. The summed E-state index contributed by atoms with van der Waals surface area (Å²) in [4.78, 5) is 49.5. The molecular formula is C18H18N4O5S3. The molecule has 0 aliphatic carbocycles. The number of amides is 1.